The van der Waals surface area contributed by atoms with Gasteiger partial charge in [-0.3, -0.25) is 0 Å². The minimum Gasteiger partial charge on any atom is -0.369 e. The Morgan fingerprint density at radius 2 is 2.38 bits per heavy atom. The second kappa shape index (κ2) is 4.99. The fourth-order valence-corrected chi connectivity index (χ4v) is 2.59. The molecule has 5 heteroatoms. The van der Waals surface area contributed by atoms with Gasteiger partial charge in [-0.2, -0.15) is 4.98 Å². The molecule has 1 heterocycles. The van der Waals surface area contributed by atoms with Crippen LogP contribution >= 0.6 is 15.9 Å². The van der Waals surface area contributed by atoms with Crippen LogP contribution in [0.5, 0.6) is 0 Å². The van der Waals surface area contributed by atoms with Crippen molar-refractivity contribution >= 4 is 27.7 Å². The summed E-state index contributed by atoms with van der Waals surface area (Å²) in [6.07, 6.45) is 5.65. The SMILES string of the molecule is CC1CCC(CNc2nc(N)ncc2Br)C1. The standard InChI is InChI=1S/C11H17BrN4/c1-7-2-3-8(4-7)5-14-10-9(12)6-15-11(13)16-10/h6-8H,2-5H2,1H3,(H3,13,14,15,16). The zero-order chi connectivity index (χ0) is 11.5. The molecule has 16 heavy (non-hydrogen) atoms. The van der Waals surface area contributed by atoms with Gasteiger partial charge in [0.05, 0.1) is 4.47 Å². The van der Waals surface area contributed by atoms with Crippen molar-refractivity contribution in [2.45, 2.75) is 26.2 Å². The summed E-state index contributed by atoms with van der Waals surface area (Å²) in [4.78, 5) is 8.07. The van der Waals surface area contributed by atoms with E-state index < -0.39 is 0 Å². The largest absolute Gasteiger partial charge is 0.369 e. The van der Waals surface area contributed by atoms with E-state index in [1.165, 1.54) is 19.3 Å². The molecule has 2 rings (SSSR count). The van der Waals surface area contributed by atoms with E-state index in [4.69, 9.17) is 5.73 Å². The molecule has 0 amide bonds. The summed E-state index contributed by atoms with van der Waals surface area (Å²) in [5, 5.41) is 3.34. The highest BCUT2D eigenvalue weighted by Gasteiger charge is 2.21. The maximum Gasteiger partial charge on any atom is 0.221 e. The topological polar surface area (TPSA) is 63.8 Å². The van der Waals surface area contributed by atoms with Crippen LogP contribution in [-0.4, -0.2) is 16.5 Å². The Kier molecular flexibility index (Phi) is 3.63. The Bertz CT molecular complexity index is 369. The van der Waals surface area contributed by atoms with Gasteiger partial charge in [-0.15, -0.1) is 0 Å². The molecule has 3 N–H and O–H groups in total. The first-order valence-corrected chi connectivity index (χ1v) is 6.46. The number of nitrogens with one attached hydrogen (secondary N) is 1. The van der Waals surface area contributed by atoms with Crippen LogP contribution in [0, 0.1) is 11.8 Å². The molecule has 1 aromatic heterocycles. The number of nitrogens with zero attached hydrogens (tertiary/aromatic N) is 2. The van der Waals surface area contributed by atoms with Gasteiger partial charge in [-0.1, -0.05) is 13.3 Å². The van der Waals surface area contributed by atoms with E-state index in [1.54, 1.807) is 6.20 Å². The summed E-state index contributed by atoms with van der Waals surface area (Å²) in [5.41, 5.74) is 5.55. The van der Waals surface area contributed by atoms with Crippen LogP contribution in [0.15, 0.2) is 10.7 Å². The Labute approximate surface area is 104 Å². The van der Waals surface area contributed by atoms with Gasteiger partial charge in [-0.25, -0.2) is 4.98 Å². The van der Waals surface area contributed by atoms with Crippen LogP contribution in [0.2, 0.25) is 0 Å². The van der Waals surface area contributed by atoms with Gasteiger partial charge in [0.15, 0.2) is 0 Å². The smallest absolute Gasteiger partial charge is 0.221 e. The van der Waals surface area contributed by atoms with Crippen molar-refractivity contribution in [1.82, 2.24) is 9.97 Å². The van der Waals surface area contributed by atoms with Crippen molar-refractivity contribution in [2.75, 3.05) is 17.6 Å². The average molecular weight is 285 g/mol. The van der Waals surface area contributed by atoms with E-state index in [2.05, 4.69) is 38.1 Å². The lowest BCUT2D eigenvalue weighted by molar-refractivity contribution is 0.536. The number of rotatable bonds is 3. The summed E-state index contributed by atoms with van der Waals surface area (Å²) in [6, 6.07) is 0. The number of hydrogen-bond acceptors (Lipinski definition) is 4. The molecule has 0 bridgehead atoms. The summed E-state index contributed by atoms with van der Waals surface area (Å²) < 4.78 is 0.868. The summed E-state index contributed by atoms with van der Waals surface area (Å²) >= 11 is 3.41. The molecule has 2 unspecified atom stereocenters. The third kappa shape index (κ3) is 2.84. The lowest BCUT2D eigenvalue weighted by atomic mass is 10.1. The first-order chi connectivity index (χ1) is 7.65. The highest BCUT2D eigenvalue weighted by atomic mass is 79.9. The highest BCUT2D eigenvalue weighted by molar-refractivity contribution is 9.10. The predicted molar refractivity (Wildman–Crippen MR) is 69.1 cm³/mol. The van der Waals surface area contributed by atoms with Gasteiger partial charge in [0, 0.05) is 12.7 Å². The maximum absolute atomic E-state index is 5.55. The summed E-state index contributed by atoms with van der Waals surface area (Å²) in [7, 11) is 0. The third-order valence-electron chi connectivity index (χ3n) is 3.12. The number of hydrogen-bond donors (Lipinski definition) is 2. The van der Waals surface area contributed by atoms with Gasteiger partial charge in [0.25, 0.3) is 0 Å². The Morgan fingerprint density at radius 3 is 3.06 bits per heavy atom. The number of nitrogens with two attached hydrogens (primary N) is 1. The molecule has 88 valence electrons. The van der Waals surface area contributed by atoms with Crippen molar-refractivity contribution in [1.29, 1.82) is 0 Å². The van der Waals surface area contributed by atoms with Crippen LogP contribution in [0.4, 0.5) is 11.8 Å². The van der Waals surface area contributed by atoms with Crippen molar-refractivity contribution in [2.24, 2.45) is 11.8 Å². The normalized spacial score (nSPS) is 24.6. The molecule has 2 atom stereocenters. The van der Waals surface area contributed by atoms with Crippen molar-refractivity contribution in [3.05, 3.63) is 10.7 Å². The first kappa shape index (κ1) is 11.6. The fraction of sp³-hybridized carbons (Fsp3) is 0.636. The Hall–Kier alpha value is -0.840. The van der Waals surface area contributed by atoms with Crippen molar-refractivity contribution in [3.8, 4) is 0 Å². The quantitative estimate of drug-likeness (QED) is 0.896. The van der Waals surface area contributed by atoms with E-state index >= 15 is 0 Å². The molecule has 0 radical (unpaired) electrons. The Morgan fingerprint density at radius 1 is 1.56 bits per heavy atom. The Balaban J connectivity index is 1.91. The van der Waals surface area contributed by atoms with Crippen LogP contribution in [0.3, 0.4) is 0 Å². The predicted octanol–water partition coefficient (Wildman–Crippen LogP) is 2.67. The minimum atomic E-state index is 0.311. The fourth-order valence-electron chi connectivity index (χ4n) is 2.26. The zero-order valence-corrected chi connectivity index (χ0v) is 11.0. The summed E-state index contributed by atoms with van der Waals surface area (Å²) in [6.45, 7) is 3.29. The van der Waals surface area contributed by atoms with Crippen LogP contribution < -0.4 is 11.1 Å². The molecular weight excluding hydrogens is 268 g/mol. The molecule has 1 aliphatic rings. The average Bonchev–Trinajstić information content (AvgIpc) is 2.66. The molecule has 0 spiro atoms. The number of anilines is 2. The zero-order valence-electron chi connectivity index (χ0n) is 9.41. The first-order valence-electron chi connectivity index (χ1n) is 5.67. The van der Waals surface area contributed by atoms with Gasteiger partial charge >= 0.3 is 0 Å². The molecule has 4 nitrogen and oxygen atoms in total. The van der Waals surface area contributed by atoms with Crippen LogP contribution in [0.1, 0.15) is 26.2 Å². The number of aromatic nitrogens is 2. The van der Waals surface area contributed by atoms with Gasteiger partial charge in [0.1, 0.15) is 5.82 Å². The van der Waals surface area contributed by atoms with E-state index in [1.807, 2.05) is 0 Å². The van der Waals surface area contributed by atoms with Crippen LogP contribution in [0.25, 0.3) is 0 Å². The molecule has 1 aliphatic carbocycles. The minimum absolute atomic E-state index is 0.311. The molecule has 0 aliphatic heterocycles. The number of nitrogen functional groups attached to an aromatic ring is 1. The summed E-state index contributed by atoms with van der Waals surface area (Å²) in [5.74, 6) is 2.74. The van der Waals surface area contributed by atoms with E-state index in [9.17, 15) is 0 Å². The number of halogens is 1. The molecule has 0 saturated heterocycles. The lowest BCUT2D eigenvalue weighted by Gasteiger charge is -2.12. The lowest BCUT2D eigenvalue weighted by Crippen LogP contribution is -2.13. The third-order valence-corrected chi connectivity index (χ3v) is 3.70. The van der Waals surface area contributed by atoms with Gasteiger partial charge < -0.3 is 11.1 Å². The van der Waals surface area contributed by atoms with Gasteiger partial charge in [-0.05, 0) is 40.6 Å². The van der Waals surface area contributed by atoms with E-state index in [0.717, 1.165) is 28.7 Å². The molecule has 1 fully saturated rings. The molecule has 1 saturated carbocycles. The van der Waals surface area contributed by atoms with Gasteiger partial charge in [0.2, 0.25) is 5.95 Å². The van der Waals surface area contributed by atoms with E-state index in [0.29, 0.717) is 5.95 Å². The second-order valence-corrected chi connectivity index (χ2v) is 5.44. The second-order valence-electron chi connectivity index (χ2n) is 4.59. The van der Waals surface area contributed by atoms with Crippen LogP contribution in [-0.2, 0) is 0 Å². The highest BCUT2D eigenvalue weighted by Crippen LogP contribution is 2.30. The molecule has 1 aromatic rings. The van der Waals surface area contributed by atoms with E-state index in [-0.39, 0.29) is 0 Å². The maximum atomic E-state index is 5.55. The van der Waals surface area contributed by atoms with Crippen molar-refractivity contribution in [3.63, 3.8) is 0 Å². The molecular formula is C11H17BrN4. The van der Waals surface area contributed by atoms with Crippen molar-refractivity contribution < 1.29 is 0 Å². The monoisotopic (exact) mass is 284 g/mol. The molecule has 0 aromatic carbocycles.